The Balaban J connectivity index is 3.67. The van der Waals surface area contributed by atoms with Crippen molar-refractivity contribution in [2.75, 3.05) is 19.3 Å². The lowest BCUT2D eigenvalue weighted by Gasteiger charge is -2.22. The van der Waals surface area contributed by atoms with Crippen LogP contribution in [0.5, 0.6) is 0 Å². The maximum absolute atomic E-state index is 11.4. The van der Waals surface area contributed by atoms with Crippen LogP contribution in [-0.4, -0.2) is 36.0 Å². The zero-order chi connectivity index (χ0) is 11.9. The van der Waals surface area contributed by atoms with E-state index in [1.165, 1.54) is 0 Å². The predicted molar refractivity (Wildman–Crippen MR) is 68.4 cm³/mol. The molecule has 0 bridgehead atoms. The van der Waals surface area contributed by atoms with Gasteiger partial charge in [0.1, 0.15) is 0 Å². The van der Waals surface area contributed by atoms with E-state index in [0.717, 1.165) is 13.0 Å². The van der Waals surface area contributed by atoms with Crippen molar-refractivity contribution < 1.29 is 4.79 Å². The van der Waals surface area contributed by atoms with Crippen LogP contribution in [0, 0.1) is 0 Å². The Hall–Kier alpha value is -0.220. The molecular formula is C11H24N2OS. The monoisotopic (exact) mass is 232 g/mol. The van der Waals surface area contributed by atoms with Gasteiger partial charge in [-0.25, -0.2) is 0 Å². The van der Waals surface area contributed by atoms with E-state index in [1.807, 2.05) is 0 Å². The van der Waals surface area contributed by atoms with Crippen molar-refractivity contribution in [1.82, 2.24) is 10.6 Å². The van der Waals surface area contributed by atoms with Crippen LogP contribution in [0.25, 0.3) is 0 Å². The van der Waals surface area contributed by atoms with E-state index in [4.69, 9.17) is 0 Å². The molecule has 0 rings (SSSR count). The summed E-state index contributed by atoms with van der Waals surface area (Å²) in [7, 11) is 0. The minimum Gasteiger partial charge on any atom is -0.354 e. The Kier molecular flexibility index (Phi) is 7.02. The normalized spacial score (nSPS) is 13.7. The van der Waals surface area contributed by atoms with Gasteiger partial charge in [-0.1, -0.05) is 6.92 Å². The van der Waals surface area contributed by atoms with Gasteiger partial charge in [0, 0.05) is 17.3 Å². The van der Waals surface area contributed by atoms with Crippen molar-refractivity contribution in [3.05, 3.63) is 0 Å². The van der Waals surface area contributed by atoms with Gasteiger partial charge in [-0.3, -0.25) is 4.79 Å². The molecule has 90 valence electrons. The fourth-order valence-electron chi connectivity index (χ4n) is 0.857. The van der Waals surface area contributed by atoms with Gasteiger partial charge in [-0.2, -0.15) is 11.8 Å². The van der Waals surface area contributed by atoms with E-state index in [9.17, 15) is 4.79 Å². The summed E-state index contributed by atoms with van der Waals surface area (Å²) in [5.41, 5.74) is 0. The SMILES string of the molecule is CCC(C)NCC(=O)NCC(C)(C)SC. The molecule has 0 aliphatic heterocycles. The molecule has 0 heterocycles. The Morgan fingerprint density at radius 1 is 1.47 bits per heavy atom. The third-order valence-electron chi connectivity index (χ3n) is 2.49. The van der Waals surface area contributed by atoms with Crippen molar-refractivity contribution in [1.29, 1.82) is 0 Å². The minimum atomic E-state index is 0.0809. The Morgan fingerprint density at radius 2 is 2.07 bits per heavy atom. The number of hydrogen-bond acceptors (Lipinski definition) is 3. The van der Waals surface area contributed by atoms with Gasteiger partial charge in [-0.05, 0) is 33.4 Å². The maximum Gasteiger partial charge on any atom is 0.234 e. The third kappa shape index (κ3) is 7.68. The molecule has 0 aromatic heterocycles. The topological polar surface area (TPSA) is 41.1 Å². The third-order valence-corrected chi connectivity index (χ3v) is 3.74. The number of rotatable bonds is 7. The van der Waals surface area contributed by atoms with E-state index >= 15 is 0 Å². The van der Waals surface area contributed by atoms with Gasteiger partial charge in [-0.15, -0.1) is 0 Å². The van der Waals surface area contributed by atoms with E-state index in [-0.39, 0.29) is 10.7 Å². The number of carbonyl (C=O) groups is 1. The molecule has 3 nitrogen and oxygen atoms in total. The van der Waals surface area contributed by atoms with Crippen molar-refractivity contribution in [2.24, 2.45) is 0 Å². The molecule has 0 spiro atoms. The average molecular weight is 232 g/mol. The first kappa shape index (κ1) is 14.8. The van der Waals surface area contributed by atoms with Crippen LogP contribution >= 0.6 is 11.8 Å². The van der Waals surface area contributed by atoms with E-state index in [1.54, 1.807) is 11.8 Å². The van der Waals surface area contributed by atoms with E-state index in [2.05, 4.69) is 44.6 Å². The molecule has 0 saturated carbocycles. The lowest BCUT2D eigenvalue weighted by Crippen LogP contribution is -2.42. The largest absolute Gasteiger partial charge is 0.354 e. The molecule has 0 aromatic rings. The van der Waals surface area contributed by atoms with Gasteiger partial charge >= 0.3 is 0 Å². The second-order valence-corrected chi connectivity index (χ2v) is 5.94. The minimum absolute atomic E-state index is 0.0809. The van der Waals surface area contributed by atoms with Crippen LogP contribution in [0.3, 0.4) is 0 Å². The smallest absolute Gasteiger partial charge is 0.234 e. The van der Waals surface area contributed by atoms with Crippen LogP contribution in [0.4, 0.5) is 0 Å². The summed E-state index contributed by atoms with van der Waals surface area (Å²) >= 11 is 1.76. The Bertz CT molecular complexity index is 195. The fraction of sp³-hybridized carbons (Fsp3) is 0.909. The molecule has 0 fully saturated rings. The van der Waals surface area contributed by atoms with Crippen LogP contribution in [-0.2, 0) is 4.79 Å². The highest BCUT2D eigenvalue weighted by Crippen LogP contribution is 2.19. The molecule has 0 radical (unpaired) electrons. The van der Waals surface area contributed by atoms with Crippen molar-refractivity contribution in [3.63, 3.8) is 0 Å². The summed E-state index contributed by atoms with van der Waals surface area (Å²) in [6, 6.07) is 0.407. The molecule has 0 saturated heterocycles. The summed E-state index contributed by atoms with van der Waals surface area (Å²) in [6.45, 7) is 9.57. The predicted octanol–water partition coefficient (Wildman–Crippen LogP) is 1.63. The molecular weight excluding hydrogens is 208 g/mol. The van der Waals surface area contributed by atoms with Crippen LogP contribution < -0.4 is 10.6 Å². The highest BCUT2D eigenvalue weighted by Gasteiger charge is 2.16. The van der Waals surface area contributed by atoms with E-state index < -0.39 is 0 Å². The Morgan fingerprint density at radius 3 is 2.53 bits per heavy atom. The molecule has 0 aliphatic rings. The molecule has 1 atom stereocenters. The lowest BCUT2D eigenvalue weighted by molar-refractivity contribution is -0.120. The highest BCUT2D eigenvalue weighted by atomic mass is 32.2. The first-order valence-corrected chi connectivity index (χ1v) is 6.69. The Labute approximate surface area is 97.8 Å². The second kappa shape index (κ2) is 7.12. The molecule has 0 aromatic carbocycles. The fourth-order valence-corrected chi connectivity index (χ4v) is 1.07. The van der Waals surface area contributed by atoms with E-state index in [0.29, 0.717) is 12.6 Å². The molecule has 1 unspecified atom stereocenters. The first-order chi connectivity index (χ1) is 6.91. The highest BCUT2D eigenvalue weighted by molar-refractivity contribution is 7.99. The van der Waals surface area contributed by atoms with Gasteiger partial charge in [0.15, 0.2) is 0 Å². The van der Waals surface area contributed by atoms with Gasteiger partial charge in [0.25, 0.3) is 0 Å². The summed E-state index contributed by atoms with van der Waals surface area (Å²) in [5.74, 6) is 0.0809. The van der Waals surface area contributed by atoms with Gasteiger partial charge < -0.3 is 10.6 Å². The van der Waals surface area contributed by atoms with Crippen molar-refractivity contribution in [2.45, 2.75) is 44.9 Å². The van der Waals surface area contributed by atoms with Crippen molar-refractivity contribution in [3.8, 4) is 0 Å². The molecule has 15 heavy (non-hydrogen) atoms. The standard InChI is InChI=1S/C11H24N2OS/c1-6-9(2)12-7-10(14)13-8-11(3,4)15-5/h9,12H,6-8H2,1-5H3,(H,13,14). The quantitative estimate of drug-likeness (QED) is 0.701. The first-order valence-electron chi connectivity index (χ1n) is 5.46. The molecule has 2 N–H and O–H groups in total. The molecule has 4 heteroatoms. The van der Waals surface area contributed by atoms with Crippen LogP contribution in [0.1, 0.15) is 34.1 Å². The molecule has 0 aliphatic carbocycles. The maximum atomic E-state index is 11.4. The zero-order valence-electron chi connectivity index (χ0n) is 10.5. The zero-order valence-corrected chi connectivity index (χ0v) is 11.3. The summed E-state index contributed by atoms with van der Waals surface area (Å²) in [5, 5.41) is 6.10. The second-order valence-electron chi connectivity index (χ2n) is 4.43. The van der Waals surface area contributed by atoms with Gasteiger partial charge in [0.05, 0.1) is 6.54 Å². The van der Waals surface area contributed by atoms with Gasteiger partial charge in [0.2, 0.25) is 5.91 Å². The number of hydrogen-bond donors (Lipinski definition) is 2. The van der Waals surface area contributed by atoms with Crippen LogP contribution in [0.15, 0.2) is 0 Å². The number of amides is 1. The summed E-state index contributed by atoms with van der Waals surface area (Å²) in [6.07, 6.45) is 3.10. The summed E-state index contributed by atoms with van der Waals surface area (Å²) in [4.78, 5) is 11.4. The average Bonchev–Trinajstić information content (AvgIpc) is 2.23. The number of thioether (sulfide) groups is 1. The van der Waals surface area contributed by atoms with Crippen LogP contribution in [0.2, 0.25) is 0 Å². The van der Waals surface area contributed by atoms with Crippen molar-refractivity contribution >= 4 is 17.7 Å². The number of carbonyl (C=O) groups excluding carboxylic acids is 1. The lowest BCUT2D eigenvalue weighted by atomic mass is 10.2. The summed E-state index contributed by atoms with van der Waals surface area (Å²) < 4.78 is 0.117. The molecule has 1 amide bonds. The number of nitrogens with one attached hydrogen (secondary N) is 2.